The highest BCUT2D eigenvalue weighted by Crippen LogP contribution is 2.56. The van der Waals surface area contributed by atoms with E-state index in [1.807, 2.05) is 41.5 Å². The zero-order chi connectivity index (χ0) is 18.0. The molecule has 0 spiro atoms. The monoisotopic (exact) mass is 359 g/mol. The van der Waals surface area contributed by atoms with Crippen molar-refractivity contribution in [3.05, 3.63) is 0 Å². The Balaban J connectivity index is 2.35. The van der Waals surface area contributed by atoms with Gasteiger partial charge in [-0.05, 0) is 67.2 Å². The molecule has 2 fully saturated rings. The molecule has 24 heavy (non-hydrogen) atoms. The van der Waals surface area contributed by atoms with Crippen LogP contribution in [-0.2, 0) is 13.6 Å². The lowest BCUT2D eigenvalue weighted by atomic mass is 10.2. The first-order valence-electron chi connectivity index (χ1n) is 9.09. The topological polar surface area (TPSA) is 54.4 Å². The molecule has 6 nitrogen and oxygen atoms in total. The zero-order valence-electron chi connectivity index (χ0n) is 16.2. The summed E-state index contributed by atoms with van der Waals surface area (Å²) in [5, 5.41) is 0. The summed E-state index contributed by atoms with van der Waals surface area (Å²) in [7, 11) is -3.62. The van der Waals surface area contributed by atoms with Crippen molar-refractivity contribution in [3.63, 3.8) is 0 Å². The Labute approximate surface area is 147 Å². The quantitative estimate of drug-likeness (QED) is 0.428. The molecule has 0 aliphatic carbocycles. The summed E-state index contributed by atoms with van der Waals surface area (Å²) in [6.07, 6.45) is 4.60. The lowest BCUT2D eigenvalue weighted by Gasteiger charge is -2.33. The number of likely N-dealkylation sites (tertiary alicyclic amines) is 2. The summed E-state index contributed by atoms with van der Waals surface area (Å²) in [6, 6.07) is 0. The van der Waals surface area contributed by atoms with Crippen molar-refractivity contribution in [2.24, 2.45) is 4.76 Å². The van der Waals surface area contributed by atoms with E-state index in [2.05, 4.69) is 14.6 Å². The first-order valence-corrected chi connectivity index (χ1v) is 10.6. The molecule has 0 atom stereocenters. The molecule has 2 aliphatic rings. The summed E-state index contributed by atoms with van der Waals surface area (Å²) < 4.78 is 29.8. The number of guanidine groups is 1. The standard InChI is InChI=1S/C17H34N3O3P/c1-16(2,3)22-24(21,23-17(4,5)6)18-15(19-11-7-8-12-19)20-13-9-10-14-20/h7-14H2,1-6H3. The van der Waals surface area contributed by atoms with Gasteiger partial charge in [0.05, 0.1) is 11.2 Å². The molecule has 0 aromatic carbocycles. The maximum absolute atomic E-state index is 13.5. The average Bonchev–Trinajstić information content (AvgIpc) is 3.05. The first-order chi connectivity index (χ1) is 11.0. The van der Waals surface area contributed by atoms with Gasteiger partial charge in [0.15, 0.2) is 0 Å². The molecule has 0 radical (unpaired) electrons. The van der Waals surface area contributed by atoms with Crippen LogP contribution in [0.1, 0.15) is 67.2 Å². The van der Waals surface area contributed by atoms with E-state index >= 15 is 0 Å². The fourth-order valence-electron chi connectivity index (χ4n) is 3.02. The van der Waals surface area contributed by atoms with Crippen molar-refractivity contribution >= 4 is 13.7 Å². The Bertz CT molecular complexity index is 458. The lowest BCUT2D eigenvalue weighted by Crippen LogP contribution is -2.41. The highest BCUT2D eigenvalue weighted by atomic mass is 31.2. The Hall–Kier alpha value is -0.580. The molecule has 2 saturated heterocycles. The van der Waals surface area contributed by atoms with Crippen LogP contribution in [-0.4, -0.2) is 53.1 Å². The number of hydrogen-bond donors (Lipinski definition) is 0. The predicted molar refractivity (Wildman–Crippen MR) is 98.3 cm³/mol. The van der Waals surface area contributed by atoms with Crippen LogP contribution in [0.2, 0.25) is 0 Å². The van der Waals surface area contributed by atoms with Crippen LogP contribution < -0.4 is 0 Å². The SMILES string of the molecule is CC(C)(C)OP(=O)(N=C(N1CCCC1)N1CCCC1)OC(C)(C)C. The van der Waals surface area contributed by atoms with Crippen LogP contribution in [0.15, 0.2) is 4.76 Å². The van der Waals surface area contributed by atoms with E-state index in [0.29, 0.717) is 0 Å². The van der Waals surface area contributed by atoms with E-state index in [9.17, 15) is 4.57 Å². The number of nitrogens with zero attached hydrogens (tertiary/aromatic N) is 3. The van der Waals surface area contributed by atoms with E-state index in [-0.39, 0.29) is 0 Å². The molecule has 0 N–H and O–H groups in total. The van der Waals surface area contributed by atoms with Gasteiger partial charge in [-0.1, -0.05) is 0 Å². The average molecular weight is 359 g/mol. The van der Waals surface area contributed by atoms with E-state index in [4.69, 9.17) is 9.05 Å². The third-order valence-electron chi connectivity index (χ3n) is 3.77. The van der Waals surface area contributed by atoms with Gasteiger partial charge in [0.25, 0.3) is 0 Å². The van der Waals surface area contributed by atoms with E-state index in [1.54, 1.807) is 0 Å². The lowest BCUT2D eigenvalue weighted by molar-refractivity contribution is 0.0493. The number of hydrogen-bond acceptors (Lipinski definition) is 3. The minimum Gasteiger partial charge on any atom is -0.342 e. The fourth-order valence-corrected chi connectivity index (χ4v) is 5.00. The molecule has 2 aliphatic heterocycles. The smallest absolute Gasteiger partial charge is 0.342 e. The summed E-state index contributed by atoms with van der Waals surface area (Å²) in [5.74, 6) is 0.793. The Morgan fingerprint density at radius 3 is 1.42 bits per heavy atom. The molecule has 0 amide bonds. The normalized spacial score (nSPS) is 19.9. The molecule has 0 saturated carbocycles. The maximum Gasteiger partial charge on any atom is 0.458 e. The predicted octanol–water partition coefficient (Wildman–Crippen LogP) is 4.27. The van der Waals surface area contributed by atoms with Gasteiger partial charge >= 0.3 is 7.75 Å². The van der Waals surface area contributed by atoms with Crippen molar-refractivity contribution in [2.45, 2.75) is 78.4 Å². The van der Waals surface area contributed by atoms with E-state index < -0.39 is 18.9 Å². The van der Waals surface area contributed by atoms with E-state index in [0.717, 1.165) is 57.8 Å². The van der Waals surface area contributed by atoms with Crippen molar-refractivity contribution in [1.29, 1.82) is 0 Å². The van der Waals surface area contributed by atoms with Crippen molar-refractivity contribution in [2.75, 3.05) is 26.2 Å². The second-order valence-electron chi connectivity index (χ2n) is 8.66. The molecule has 140 valence electrons. The van der Waals surface area contributed by atoms with Gasteiger partial charge in [0, 0.05) is 26.2 Å². The third kappa shape index (κ3) is 6.05. The molecule has 0 unspecified atom stereocenters. The molecule has 7 heteroatoms. The van der Waals surface area contributed by atoms with Gasteiger partial charge in [-0.25, -0.2) is 4.57 Å². The van der Waals surface area contributed by atoms with Crippen molar-refractivity contribution in [1.82, 2.24) is 9.80 Å². The third-order valence-corrected chi connectivity index (χ3v) is 5.75. The molecule has 2 rings (SSSR count). The van der Waals surface area contributed by atoms with Crippen molar-refractivity contribution in [3.8, 4) is 0 Å². The van der Waals surface area contributed by atoms with Gasteiger partial charge < -0.3 is 9.80 Å². The van der Waals surface area contributed by atoms with Crippen LogP contribution in [0.3, 0.4) is 0 Å². The first kappa shape index (κ1) is 19.7. The minimum absolute atomic E-state index is 0.592. The van der Waals surface area contributed by atoms with Crippen LogP contribution >= 0.6 is 7.75 Å². The summed E-state index contributed by atoms with van der Waals surface area (Å²) in [5.41, 5.74) is -1.18. The van der Waals surface area contributed by atoms with Gasteiger partial charge in [-0.3, -0.25) is 9.05 Å². The van der Waals surface area contributed by atoms with Gasteiger partial charge in [-0.15, -0.1) is 4.76 Å². The maximum atomic E-state index is 13.5. The number of rotatable bonds is 3. The highest BCUT2D eigenvalue weighted by Gasteiger charge is 2.38. The van der Waals surface area contributed by atoms with E-state index in [1.165, 1.54) is 0 Å². The van der Waals surface area contributed by atoms with Crippen LogP contribution in [0.4, 0.5) is 0 Å². The summed E-state index contributed by atoms with van der Waals surface area (Å²) in [6.45, 7) is 15.1. The fraction of sp³-hybridized carbons (Fsp3) is 0.941. The minimum atomic E-state index is -3.62. The molecular weight excluding hydrogens is 325 g/mol. The highest BCUT2D eigenvalue weighted by molar-refractivity contribution is 7.52. The van der Waals surface area contributed by atoms with Crippen molar-refractivity contribution < 1.29 is 13.6 Å². The van der Waals surface area contributed by atoms with Crippen LogP contribution in [0, 0.1) is 0 Å². The van der Waals surface area contributed by atoms with Gasteiger partial charge in [0.2, 0.25) is 5.96 Å². The summed E-state index contributed by atoms with van der Waals surface area (Å²) in [4.78, 5) is 4.46. The molecule has 0 bridgehead atoms. The largest absolute Gasteiger partial charge is 0.458 e. The Morgan fingerprint density at radius 1 is 0.792 bits per heavy atom. The Kier molecular flexibility index (Phi) is 6.04. The molecular formula is C17H34N3O3P. The van der Waals surface area contributed by atoms with Crippen LogP contribution in [0.5, 0.6) is 0 Å². The summed E-state index contributed by atoms with van der Waals surface area (Å²) >= 11 is 0. The molecule has 0 aromatic heterocycles. The second-order valence-corrected chi connectivity index (χ2v) is 10.2. The van der Waals surface area contributed by atoms with Gasteiger partial charge in [0.1, 0.15) is 0 Å². The second kappa shape index (κ2) is 7.35. The molecule has 0 aromatic rings. The van der Waals surface area contributed by atoms with Crippen LogP contribution in [0.25, 0.3) is 0 Å². The van der Waals surface area contributed by atoms with Gasteiger partial charge in [-0.2, -0.15) is 0 Å². The zero-order valence-corrected chi connectivity index (χ0v) is 17.1. The Morgan fingerprint density at radius 2 is 1.12 bits per heavy atom. The molecule has 2 heterocycles.